The molecule has 0 saturated heterocycles. The molecule has 0 amide bonds. The van der Waals surface area contributed by atoms with Gasteiger partial charge >= 0.3 is 0 Å². The Morgan fingerprint density at radius 2 is 1.89 bits per heavy atom. The van der Waals surface area contributed by atoms with Crippen LogP contribution in [0, 0.1) is 0 Å². The van der Waals surface area contributed by atoms with E-state index < -0.39 is 0 Å². The zero-order valence-corrected chi connectivity index (χ0v) is 6.11. The topological polar surface area (TPSA) is 0 Å². The molecule has 0 heterocycles. The summed E-state index contributed by atoms with van der Waals surface area (Å²) in [5.74, 6) is 0. The first-order valence-corrected chi connectivity index (χ1v) is 3.82. The first kappa shape index (κ1) is 6.64. The maximum absolute atomic E-state index is 3.28. The minimum Gasteiger partial charge on any atom is -0.126 e. The zero-order valence-electron chi connectivity index (χ0n) is 6.11. The Kier molecular flexibility index (Phi) is 2.60. The molecule has 0 aliphatic heterocycles. The summed E-state index contributed by atoms with van der Waals surface area (Å²) in [7, 11) is 0. The predicted molar refractivity (Wildman–Crippen MR) is 40.4 cm³/mol. The van der Waals surface area contributed by atoms with Crippen LogP contribution in [0.5, 0.6) is 0 Å². The van der Waals surface area contributed by atoms with Gasteiger partial charge in [0.25, 0.3) is 0 Å². The Morgan fingerprint density at radius 3 is 2.44 bits per heavy atom. The van der Waals surface area contributed by atoms with E-state index >= 15 is 0 Å². The van der Waals surface area contributed by atoms with Gasteiger partial charge in [0, 0.05) is 0 Å². The third-order valence-corrected chi connectivity index (χ3v) is 1.81. The van der Waals surface area contributed by atoms with Crippen molar-refractivity contribution >= 4 is 0 Å². The van der Waals surface area contributed by atoms with Crippen molar-refractivity contribution in [2.75, 3.05) is 0 Å². The molecule has 0 aromatic heterocycles. The lowest BCUT2D eigenvalue weighted by molar-refractivity contribution is 0.600. The van der Waals surface area contributed by atoms with E-state index in [1.165, 1.54) is 37.7 Å². The number of rotatable bonds is 0. The van der Waals surface area contributed by atoms with Crippen molar-refractivity contribution in [1.82, 2.24) is 0 Å². The normalized spacial score (nSPS) is 19.0. The molecular formula is C9H14. The molecule has 1 aliphatic carbocycles. The highest BCUT2D eigenvalue weighted by molar-refractivity contribution is 5.02. The van der Waals surface area contributed by atoms with E-state index in [-0.39, 0.29) is 0 Å². The molecule has 9 heavy (non-hydrogen) atoms. The molecule has 0 aromatic carbocycles. The smallest absolute Gasteiger partial charge is 0.0244 e. The van der Waals surface area contributed by atoms with Gasteiger partial charge in [0.05, 0.1) is 0 Å². The van der Waals surface area contributed by atoms with Crippen molar-refractivity contribution in [2.24, 2.45) is 0 Å². The second-order valence-electron chi connectivity index (χ2n) is 2.60. The Hall–Kier alpha value is -0.480. The predicted octanol–water partition coefficient (Wildman–Crippen LogP) is 3.05. The monoisotopic (exact) mass is 122 g/mol. The Balaban J connectivity index is 2.49. The van der Waals surface area contributed by atoms with Gasteiger partial charge in [0.15, 0.2) is 0 Å². The second-order valence-corrected chi connectivity index (χ2v) is 2.60. The molecule has 50 valence electrons. The summed E-state index contributed by atoms with van der Waals surface area (Å²) >= 11 is 0. The second kappa shape index (κ2) is 3.53. The molecule has 0 spiro atoms. The average molecular weight is 122 g/mol. The van der Waals surface area contributed by atoms with Crippen molar-refractivity contribution in [3.05, 3.63) is 17.4 Å². The maximum atomic E-state index is 3.28. The summed E-state index contributed by atoms with van der Waals surface area (Å²) in [6.07, 6.45) is 8.82. The average Bonchev–Trinajstić information content (AvgIpc) is 1.91. The Bertz CT molecular complexity index is 128. The third kappa shape index (κ3) is 2.07. The molecule has 0 N–H and O–H groups in total. The van der Waals surface area contributed by atoms with Gasteiger partial charge in [-0.05, 0) is 44.3 Å². The van der Waals surface area contributed by atoms with Gasteiger partial charge in [-0.1, -0.05) is 6.42 Å². The summed E-state index contributed by atoms with van der Waals surface area (Å²) in [5.41, 5.74) is 4.81. The van der Waals surface area contributed by atoms with E-state index in [0.717, 1.165) is 0 Å². The highest BCUT2D eigenvalue weighted by atomic mass is 14.1. The summed E-state index contributed by atoms with van der Waals surface area (Å²) in [6.45, 7) is 2.04. The third-order valence-electron chi connectivity index (χ3n) is 1.81. The fourth-order valence-corrected chi connectivity index (χ4v) is 1.33. The molecule has 0 radical (unpaired) electrons. The van der Waals surface area contributed by atoms with E-state index in [2.05, 4.69) is 5.73 Å². The molecule has 1 rings (SSSR count). The highest BCUT2D eigenvalue weighted by Crippen LogP contribution is 2.21. The molecule has 1 saturated carbocycles. The van der Waals surface area contributed by atoms with Crippen LogP contribution in [0.4, 0.5) is 0 Å². The number of hydrogen-bond donors (Lipinski definition) is 0. The van der Waals surface area contributed by atoms with Gasteiger partial charge in [0.2, 0.25) is 0 Å². The van der Waals surface area contributed by atoms with E-state index in [1.54, 1.807) is 0 Å². The molecule has 1 aliphatic rings. The highest BCUT2D eigenvalue weighted by Gasteiger charge is 2.02. The minimum atomic E-state index is 1.30. The number of hydrogen-bond acceptors (Lipinski definition) is 0. The molecule has 0 bridgehead atoms. The molecule has 1 fully saturated rings. The molecule has 0 aromatic rings. The van der Waals surface area contributed by atoms with E-state index in [1.807, 2.05) is 13.0 Å². The van der Waals surface area contributed by atoms with Crippen LogP contribution in [0.3, 0.4) is 0 Å². The quantitative estimate of drug-likeness (QED) is 0.433. The summed E-state index contributed by atoms with van der Waals surface area (Å²) in [6, 6.07) is 0. The standard InChI is InChI=1S/C9H14/c1-2-6-9-7-4-3-5-8-9/h2H,3-5,7-8H2,1H3. The molecule has 0 atom stereocenters. The van der Waals surface area contributed by atoms with E-state index in [0.29, 0.717) is 0 Å². The number of allylic oxidation sites excluding steroid dienone is 1. The van der Waals surface area contributed by atoms with Gasteiger partial charge < -0.3 is 0 Å². The minimum absolute atomic E-state index is 1.30. The van der Waals surface area contributed by atoms with Crippen molar-refractivity contribution in [3.63, 3.8) is 0 Å². The van der Waals surface area contributed by atoms with Crippen molar-refractivity contribution < 1.29 is 0 Å². The van der Waals surface area contributed by atoms with E-state index in [4.69, 9.17) is 0 Å². The summed E-state index contributed by atoms with van der Waals surface area (Å²) in [5, 5.41) is 0. The van der Waals surface area contributed by atoms with Crippen LogP contribution in [-0.4, -0.2) is 0 Å². The maximum Gasteiger partial charge on any atom is -0.0244 e. The van der Waals surface area contributed by atoms with Crippen LogP contribution in [-0.2, 0) is 0 Å². The van der Waals surface area contributed by atoms with Gasteiger partial charge in [0.1, 0.15) is 0 Å². The van der Waals surface area contributed by atoms with Crippen LogP contribution in [0.25, 0.3) is 0 Å². The van der Waals surface area contributed by atoms with Gasteiger partial charge in [-0.3, -0.25) is 0 Å². The van der Waals surface area contributed by atoms with Gasteiger partial charge in [-0.2, -0.15) is 0 Å². The Morgan fingerprint density at radius 1 is 1.22 bits per heavy atom. The van der Waals surface area contributed by atoms with Crippen LogP contribution in [0.2, 0.25) is 0 Å². The van der Waals surface area contributed by atoms with Crippen LogP contribution in [0.1, 0.15) is 39.0 Å². The fourth-order valence-electron chi connectivity index (χ4n) is 1.33. The lowest BCUT2D eigenvalue weighted by Gasteiger charge is -2.09. The van der Waals surface area contributed by atoms with Gasteiger partial charge in [-0.25, -0.2) is 0 Å². The van der Waals surface area contributed by atoms with Crippen LogP contribution in [0.15, 0.2) is 17.4 Å². The summed E-state index contributed by atoms with van der Waals surface area (Å²) in [4.78, 5) is 0. The lowest BCUT2D eigenvalue weighted by atomic mass is 9.96. The van der Waals surface area contributed by atoms with Crippen molar-refractivity contribution in [3.8, 4) is 0 Å². The molecule has 0 heteroatoms. The van der Waals surface area contributed by atoms with Gasteiger partial charge in [-0.15, -0.1) is 5.73 Å². The van der Waals surface area contributed by atoms with Crippen molar-refractivity contribution in [1.29, 1.82) is 0 Å². The largest absolute Gasteiger partial charge is 0.126 e. The van der Waals surface area contributed by atoms with Crippen LogP contribution >= 0.6 is 0 Å². The first-order chi connectivity index (χ1) is 4.43. The SMILES string of the molecule is CC=C=C1CCCCC1. The summed E-state index contributed by atoms with van der Waals surface area (Å²) < 4.78 is 0. The van der Waals surface area contributed by atoms with E-state index in [9.17, 15) is 0 Å². The molecular weight excluding hydrogens is 108 g/mol. The molecule has 0 unspecified atom stereocenters. The van der Waals surface area contributed by atoms with Crippen molar-refractivity contribution in [2.45, 2.75) is 39.0 Å². The fraction of sp³-hybridized carbons (Fsp3) is 0.667. The molecule has 0 nitrogen and oxygen atoms in total. The zero-order chi connectivity index (χ0) is 6.53. The lowest BCUT2D eigenvalue weighted by Crippen LogP contribution is -1.91. The first-order valence-electron chi connectivity index (χ1n) is 3.82. The van der Waals surface area contributed by atoms with Crippen LogP contribution < -0.4 is 0 Å². The Labute approximate surface area is 57.3 Å².